The number of carbonyl (C=O) groups is 1. The summed E-state index contributed by atoms with van der Waals surface area (Å²) in [7, 11) is -1.77. The fourth-order valence-electron chi connectivity index (χ4n) is 1.48. The first-order valence-corrected chi connectivity index (χ1v) is 5.91. The lowest BCUT2D eigenvalue weighted by Crippen LogP contribution is -2.39. The third kappa shape index (κ3) is 1.21. The monoisotopic (exact) mass is 203 g/mol. The molecular weight excluding hydrogens is 190 g/mol. The Bertz CT molecular complexity index is 327. The second-order valence-corrected chi connectivity index (χ2v) is 6.27. The molecule has 0 spiro atoms. The molecule has 2 fully saturated rings. The molecule has 0 amide bonds. The van der Waals surface area contributed by atoms with Gasteiger partial charge in [-0.3, -0.25) is 0 Å². The zero-order chi connectivity index (χ0) is 9.69. The molecular formula is C8H13NO3S. The van der Waals surface area contributed by atoms with Crippen molar-refractivity contribution in [2.45, 2.75) is 36.5 Å². The minimum atomic E-state index is -3.35. The first-order valence-electron chi connectivity index (χ1n) is 4.47. The van der Waals surface area contributed by atoms with Crippen molar-refractivity contribution in [1.82, 2.24) is 4.31 Å². The maximum absolute atomic E-state index is 11.8. The van der Waals surface area contributed by atoms with Gasteiger partial charge in [-0.1, -0.05) is 0 Å². The van der Waals surface area contributed by atoms with E-state index in [2.05, 4.69) is 0 Å². The molecule has 4 nitrogen and oxygen atoms in total. The zero-order valence-corrected chi connectivity index (χ0v) is 8.38. The van der Waals surface area contributed by atoms with Crippen LogP contribution < -0.4 is 0 Å². The minimum absolute atomic E-state index is 0.155. The summed E-state index contributed by atoms with van der Waals surface area (Å²) in [6.45, 7) is 0. The van der Waals surface area contributed by atoms with Crippen LogP contribution in [0, 0.1) is 0 Å². The third-order valence-corrected chi connectivity index (χ3v) is 5.50. The van der Waals surface area contributed by atoms with Gasteiger partial charge in [-0.15, -0.1) is 0 Å². The predicted molar refractivity (Wildman–Crippen MR) is 47.7 cm³/mol. The maximum Gasteiger partial charge on any atom is 0.226 e. The number of hydrogen-bond donors (Lipinski definition) is 0. The summed E-state index contributed by atoms with van der Waals surface area (Å²) in [4.78, 5) is 10.7. The van der Waals surface area contributed by atoms with E-state index in [4.69, 9.17) is 0 Å². The van der Waals surface area contributed by atoms with E-state index in [1.54, 1.807) is 7.05 Å². The van der Waals surface area contributed by atoms with Crippen molar-refractivity contribution in [3.05, 3.63) is 0 Å². The zero-order valence-electron chi connectivity index (χ0n) is 7.56. The van der Waals surface area contributed by atoms with Crippen LogP contribution in [-0.4, -0.2) is 36.8 Å². The summed E-state index contributed by atoms with van der Waals surface area (Å²) in [6, 6.07) is 0.155. The Morgan fingerprint density at radius 1 is 1.38 bits per heavy atom. The Hall–Kier alpha value is -0.420. The van der Waals surface area contributed by atoms with Crippen LogP contribution in [-0.2, 0) is 14.8 Å². The molecule has 13 heavy (non-hydrogen) atoms. The van der Waals surface area contributed by atoms with Crippen LogP contribution in [0.15, 0.2) is 0 Å². The van der Waals surface area contributed by atoms with E-state index in [0.717, 1.165) is 12.8 Å². The summed E-state index contributed by atoms with van der Waals surface area (Å²) in [5, 5.41) is 0. The molecule has 5 heteroatoms. The van der Waals surface area contributed by atoms with Crippen LogP contribution >= 0.6 is 0 Å². The second-order valence-electron chi connectivity index (χ2n) is 3.94. The first-order chi connectivity index (χ1) is 6.03. The molecule has 2 aliphatic rings. The van der Waals surface area contributed by atoms with Gasteiger partial charge in [0.05, 0.1) is 0 Å². The largest absolute Gasteiger partial charge is 0.302 e. The molecule has 0 aromatic heterocycles. The summed E-state index contributed by atoms with van der Waals surface area (Å²) in [6.07, 6.45) is 3.46. The SMILES string of the molecule is CN(C1CC1)S(=O)(=O)C1(C=O)CC1. The molecule has 2 rings (SSSR count). The van der Waals surface area contributed by atoms with E-state index in [1.807, 2.05) is 0 Å². The van der Waals surface area contributed by atoms with E-state index in [-0.39, 0.29) is 6.04 Å². The van der Waals surface area contributed by atoms with Gasteiger partial charge >= 0.3 is 0 Å². The van der Waals surface area contributed by atoms with Gasteiger partial charge in [0.1, 0.15) is 11.0 Å². The predicted octanol–water partition coefficient (Wildman–Crippen LogP) is 0.142. The van der Waals surface area contributed by atoms with Crippen molar-refractivity contribution in [3.8, 4) is 0 Å². The molecule has 0 aromatic carbocycles. The third-order valence-electron chi connectivity index (χ3n) is 2.91. The van der Waals surface area contributed by atoms with E-state index < -0.39 is 14.8 Å². The number of aldehydes is 1. The highest BCUT2D eigenvalue weighted by molar-refractivity contribution is 7.91. The van der Waals surface area contributed by atoms with Gasteiger partial charge in [-0.2, -0.15) is 0 Å². The van der Waals surface area contributed by atoms with Crippen LogP contribution in [0.4, 0.5) is 0 Å². The van der Waals surface area contributed by atoms with E-state index in [0.29, 0.717) is 19.1 Å². The van der Waals surface area contributed by atoms with Gasteiger partial charge in [-0.25, -0.2) is 12.7 Å². The number of hydrogen-bond acceptors (Lipinski definition) is 3. The molecule has 0 radical (unpaired) electrons. The van der Waals surface area contributed by atoms with Gasteiger partial charge in [0.15, 0.2) is 0 Å². The Morgan fingerprint density at radius 3 is 2.23 bits per heavy atom. The van der Waals surface area contributed by atoms with Crippen molar-refractivity contribution in [2.75, 3.05) is 7.05 Å². The highest BCUT2D eigenvalue weighted by Gasteiger charge is 2.58. The molecule has 0 unspecified atom stereocenters. The van der Waals surface area contributed by atoms with Gasteiger partial charge in [-0.05, 0) is 25.7 Å². The lowest BCUT2D eigenvalue weighted by Gasteiger charge is -2.19. The summed E-state index contributed by atoms with van der Waals surface area (Å²) in [5.74, 6) is 0. The van der Waals surface area contributed by atoms with Crippen molar-refractivity contribution in [3.63, 3.8) is 0 Å². The normalized spacial score (nSPS) is 26.0. The molecule has 0 heterocycles. The summed E-state index contributed by atoms with van der Waals surface area (Å²) < 4.78 is 24.0. The molecule has 0 atom stereocenters. The Balaban J connectivity index is 2.24. The average molecular weight is 203 g/mol. The van der Waals surface area contributed by atoms with Crippen LogP contribution in [0.2, 0.25) is 0 Å². The molecule has 0 aromatic rings. The fraction of sp³-hybridized carbons (Fsp3) is 0.875. The second kappa shape index (κ2) is 2.54. The highest BCUT2D eigenvalue weighted by Crippen LogP contribution is 2.45. The van der Waals surface area contributed by atoms with E-state index >= 15 is 0 Å². The van der Waals surface area contributed by atoms with Gasteiger partial charge in [0.2, 0.25) is 10.0 Å². The maximum atomic E-state index is 11.8. The number of nitrogens with zero attached hydrogens (tertiary/aromatic N) is 1. The van der Waals surface area contributed by atoms with Crippen LogP contribution in [0.25, 0.3) is 0 Å². The summed E-state index contributed by atoms with van der Waals surface area (Å²) >= 11 is 0. The van der Waals surface area contributed by atoms with Crippen LogP contribution in [0.5, 0.6) is 0 Å². The number of carbonyl (C=O) groups excluding carboxylic acids is 1. The molecule has 0 aliphatic heterocycles. The number of sulfonamides is 1. The van der Waals surface area contributed by atoms with Crippen LogP contribution in [0.1, 0.15) is 25.7 Å². The molecule has 0 saturated heterocycles. The topological polar surface area (TPSA) is 54.5 Å². The van der Waals surface area contributed by atoms with Gasteiger partial charge in [0, 0.05) is 13.1 Å². The number of rotatable bonds is 4. The van der Waals surface area contributed by atoms with E-state index in [1.165, 1.54) is 4.31 Å². The van der Waals surface area contributed by atoms with E-state index in [9.17, 15) is 13.2 Å². The van der Waals surface area contributed by atoms with Crippen molar-refractivity contribution < 1.29 is 13.2 Å². The Morgan fingerprint density at radius 2 is 1.92 bits per heavy atom. The van der Waals surface area contributed by atoms with Crippen molar-refractivity contribution in [1.29, 1.82) is 0 Å². The fourth-order valence-corrected chi connectivity index (χ4v) is 3.40. The highest BCUT2D eigenvalue weighted by atomic mass is 32.2. The molecule has 0 N–H and O–H groups in total. The van der Waals surface area contributed by atoms with Gasteiger partial charge < -0.3 is 4.79 Å². The minimum Gasteiger partial charge on any atom is -0.302 e. The Labute approximate surface area is 78.0 Å². The lowest BCUT2D eigenvalue weighted by atomic mass is 10.5. The quantitative estimate of drug-likeness (QED) is 0.611. The molecule has 74 valence electrons. The lowest BCUT2D eigenvalue weighted by molar-refractivity contribution is -0.108. The van der Waals surface area contributed by atoms with Crippen molar-refractivity contribution >= 4 is 16.3 Å². The Kier molecular flexibility index (Phi) is 1.79. The standard InChI is InChI=1S/C8H13NO3S/c1-9(7-2-3-7)13(11,12)8(6-10)4-5-8/h6-7H,2-5H2,1H3. The molecule has 2 saturated carbocycles. The smallest absolute Gasteiger partial charge is 0.226 e. The average Bonchev–Trinajstić information content (AvgIpc) is 2.96. The van der Waals surface area contributed by atoms with Crippen LogP contribution in [0.3, 0.4) is 0 Å². The van der Waals surface area contributed by atoms with Crippen molar-refractivity contribution in [2.24, 2.45) is 0 Å². The molecule has 2 aliphatic carbocycles. The molecule has 0 bridgehead atoms. The van der Waals surface area contributed by atoms with Gasteiger partial charge in [0.25, 0.3) is 0 Å². The summed E-state index contributed by atoms with van der Waals surface area (Å²) in [5.41, 5.74) is 0. The first kappa shape index (κ1) is 9.15.